The van der Waals surface area contributed by atoms with Crippen molar-refractivity contribution in [3.63, 3.8) is 0 Å². The van der Waals surface area contributed by atoms with Gasteiger partial charge >= 0.3 is 0 Å². The molecular weight excluding hydrogens is 280 g/mol. The van der Waals surface area contributed by atoms with Crippen molar-refractivity contribution in [1.29, 1.82) is 0 Å². The molecule has 0 aliphatic heterocycles. The van der Waals surface area contributed by atoms with E-state index in [2.05, 4.69) is 0 Å². The Kier molecular flexibility index (Phi) is 5.10. The molecule has 0 saturated heterocycles. The lowest BCUT2D eigenvalue weighted by molar-refractivity contribution is 0.0719. The summed E-state index contributed by atoms with van der Waals surface area (Å²) >= 11 is 0. The first-order valence-corrected chi connectivity index (χ1v) is 8.37. The maximum atomic E-state index is 12.3. The molecule has 1 heterocycles. The number of rotatable bonds is 5. The van der Waals surface area contributed by atoms with Crippen molar-refractivity contribution in [2.24, 2.45) is 7.05 Å². The van der Waals surface area contributed by atoms with Crippen LogP contribution in [0.2, 0.25) is 0 Å². The molecule has 6 nitrogen and oxygen atoms in total. The van der Waals surface area contributed by atoms with E-state index >= 15 is 0 Å². The van der Waals surface area contributed by atoms with Crippen LogP contribution < -0.4 is 5.56 Å². The summed E-state index contributed by atoms with van der Waals surface area (Å²) in [6, 6.07) is 2.38. The average Bonchev–Trinajstić information content (AvgIpc) is 2.31. The highest BCUT2D eigenvalue weighted by Gasteiger charge is 2.23. The smallest absolute Gasteiger partial charge is 0.254 e. The van der Waals surface area contributed by atoms with Gasteiger partial charge in [-0.25, -0.2) is 8.42 Å². The lowest BCUT2D eigenvalue weighted by Crippen LogP contribution is -2.42. The monoisotopic (exact) mass is 300 g/mol. The molecule has 1 atom stereocenters. The van der Waals surface area contributed by atoms with Crippen LogP contribution >= 0.6 is 0 Å². The van der Waals surface area contributed by atoms with Crippen LogP contribution in [0.15, 0.2) is 23.1 Å². The lowest BCUT2D eigenvalue weighted by Gasteiger charge is -2.27. The summed E-state index contributed by atoms with van der Waals surface area (Å²) in [5.74, 6) is -0.432. The zero-order valence-electron chi connectivity index (χ0n) is 12.2. The molecule has 1 amide bonds. The van der Waals surface area contributed by atoms with Gasteiger partial charge in [-0.1, -0.05) is 0 Å². The normalized spacial score (nSPS) is 13.0. The predicted octanol–water partition coefficient (Wildman–Crippen LogP) is 0.281. The fraction of sp³-hybridized carbons (Fsp3) is 0.538. The van der Waals surface area contributed by atoms with Gasteiger partial charge in [0.05, 0.1) is 5.75 Å². The number of aromatic nitrogens is 1. The summed E-state index contributed by atoms with van der Waals surface area (Å²) in [6.07, 6.45) is 2.66. The Bertz CT molecular complexity index is 649. The summed E-state index contributed by atoms with van der Waals surface area (Å²) in [7, 11) is -1.57. The van der Waals surface area contributed by atoms with Gasteiger partial charge in [0.2, 0.25) is 0 Å². The number of carbonyl (C=O) groups excluding carboxylic acids is 1. The van der Waals surface area contributed by atoms with E-state index in [0.717, 1.165) is 6.26 Å². The molecule has 0 aliphatic rings. The van der Waals surface area contributed by atoms with Crippen molar-refractivity contribution in [3.8, 4) is 0 Å². The van der Waals surface area contributed by atoms with Crippen molar-refractivity contribution in [1.82, 2.24) is 9.47 Å². The Balaban J connectivity index is 3.02. The molecule has 1 aromatic heterocycles. The van der Waals surface area contributed by atoms with E-state index in [0.29, 0.717) is 6.54 Å². The van der Waals surface area contributed by atoms with Gasteiger partial charge in [-0.15, -0.1) is 0 Å². The minimum atomic E-state index is -3.17. The van der Waals surface area contributed by atoms with E-state index in [-0.39, 0.29) is 22.8 Å². The van der Waals surface area contributed by atoms with Crippen molar-refractivity contribution in [2.75, 3.05) is 18.6 Å². The highest BCUT2D eigenvalue weighted by molar-refractivity contribution is 7.90. The van der Waals surface area contributed by atoms with E-state index in [9.17, 15) is 18.0 Å². The molecule has 0 saturated carbocycles. The molecule has 0 fully saturated rings. The summed E-state index contributed by atoms with van der Waals surface area (Å²) in [4.78, 5) is 25.4. The highest BCUT2D eigenvalue weighted by Crippen LogP contribution is 2.08. The first kappa shape index (κ1) is 16.4. The molecule has 1 rings (SSSR count). The van der Waals surface area contributed by atoms with Crippen molar-refractivity contribution in [3.05, 3.63) is 34.2 Å². The van der Waals surface area contributed by atoms with E-state index in [1.165, 1.54) is 21.7 Å². The minimum absolute atomic E-state index is 0.0998. The molecule has 0 aromatic carbocycles. The predicted molar refractivity (Wildman–Crippen MR) is 77.6 cm³/mol. The molecule has 112 valence electrons. The molecule has 0 N–H and O–H groups in total. The van der Waals surface area contributed by atoms with Gasteiger partial charge in [0.25, 0.3) is 11.5 Å². The van der Waals surface area contributed by atoms with E-state index < -0.39 is 15.9 Å². The topological polar surface area (TPSA) is 76.5 Å². The first-order chi connectivity index (χ1) is 9.15. The fourth-order valence-electron chi connectivity index (χ4n) is 2.03. The number of sulfone groups is 1. The van der Waals surface area contributed by atoms with E-state index in [1.54, 1.807) is 27.0 Å². The van der Waals surface area contributed by atoms with Crippen LogP contribution in [0.5, 0.6) is 0 Å². The van der Waals surface area contributed by atoms with Crippen LogP contribution in [0, 0.1) is 0 Å². The number of carbonyl (C=O) groups is 1. The second-order valence-corrected chi connectivity index (χ2v) is 7.08. The van der Waals surface area contributed by atoms with Gasteiger partial charge in [-0.2, -0.15) is 0 Å². The standard InChI is InChI=1S/C13H20N2O4S/c1-5-15(10(2)9-20(4,18)19)13(17)11-6-7-14(3)12(16)8-11/h6-8,10H,5,9H2,1-4H3. The van der Waals surface area contributed by atoms with Crippen molar-refractivity contribution >= 4 is 15.7 Å². The zero-order chi connectivity index (χ0) is 15.5. The van der Waals surface area contributed by atoms with Crippen LogP contribution in [0.25, 0.3) is 0 Å². The molecule has 20 heavy (non-hydrogen) atoms. The molecule has 7 heteroatoms. The van der Waals surface area contributed by atoms with Gasteiger partial charge in [0.15, 0.2) is 0 Å². The van der Waals surface area contributed by atoms with Crippen LogP contribution in [-0.4, -0.2) is 48.4 Å². The summed E-state index contributed by atoms with van der Waals surface area (Å²) < 4.78 is 24.0. The molecule has 0 bridgehead atoms. The molecular formula is C13H20N2O4S. The molecule has 0 spiro atoms. The third-order valence-corrected chi connectivity index (χ3v) is 4.12. The summed E-state index contributed by atoms with van der Waals surface area (Å²) in [6.45, 7) is 3.84. The number of hydrogen-bond donors (Lipinski definition) is 0. The average molecular weight is 300 g/mol. The maximum absolute atomic E-state index is 12.3. The Morgan fingerprint density at radius 2 is 2.05 bits per heavy atom. The number of amides is 1. The number of nitrogens with zero attached hydrogens (tertiary/aromatic N) is 2. The van der Waals surface area contributed by atoms with Gasteiger partial charge in [0.1, 0.15) is 9.84 Å². The maximum Gasteiger partial charge on any atom is 0.254 e. The van der Waals surface area contributed by atoms with E-state index in [4.69, 9.17) is 0 Å². The quantitative estimate of drug-likeness (QED) is 0.782. The van der Waals surface area contributed by atoms with Gasteiger partial charge < -0.3 is 9.47 Å². The van der Waals surface area contributed by atoms with Gasteiger partial charge in [-0.05, 0) is 19.9 Å². The fourth-order valence-corrected chi connectivity index (χ4v) is 3.09. The third kappa shape index (κ3) is 4.19. The first-order valence-electron chi connectivity index (χ1n) is 6.31. The molecule has 0 radical (unpaired) electrons. The van der Waals surface area contributed by atoms with Gasteiger partial charge in [0, 0.05) is 43.7 Å². The summed E-state index contributed by atoms with van der Waals surface area (Å²) in [5.41, 5.74) is -0.00188. The number of pyridine rings is 1. The second kappa shape index (κ2) is 6.21. The molecule has 0 aliphatic carbocycles. The largest absolute Gasteiger partial charge is 0.335 e. The number of hydrogen-bond acceptors (Lipinski definition) is 4. The highest BCUT2D eigenvalue weighted by atomic mass is 32.2. The Morgan fingerprint density at radius 1 is 1.45 bits per heavy atom. The van der Waals surface area contributed by atoms with Crippen LogP contribution in [0.1, 0.15) is 24.2 Å². The minimum Gasteiger partial charge on any atom is -0.335 e. The zero-order valence-corrected chi connectivity index (χ0v) is 13.0. The second-order valence-electron chi connectivity index (χ2n) is 4.90. The lowest BCUT2D eigenvalue weighted by atomic mass is 10.2. The Labute approximate surface area is 118 Å². The van der Waals surface area contributed by atoms with E-state index in [1.807, 2.05) is 0 Å². The SMILES string of the molecule is CCN(C(=O)c1ccn(C)c(=O)c1)C(C)CS(C)(=O)=O. The third-order valence-electron chi connectivity index (χ3n) is 3.03. The van der Waals surface area contributed by atoms with Crippen LogP contribution in [-0.2, 0) is 16.9 Å². The Morgan fingerprint density at radius 3 is 2.50 bits per heavy atom. The molecule has 1 aromatic rings. The number of aryl methyl sites for hydroxylation is 1. The van der Waals surface area contributed by atoms with Gasteiger partial charge in [-0.3, -0.25) is 9.59 Å². The summed E-state index contributed by atoms with van der Waals surface area (Å²) in [5, 5.41) is 0. The molecule has 1 unspecified atom stereocenters. The Hall–Kier alpha value is -1.63. The van der Waals surface area contributed by atoms with Crippen molar-refractivity contribution < 1.29 is 13.2 Å². The van der Waals surface area contributed by atoms with Crippen LogP contribution in [0.4, 0.5) is 0 Å². The van der Waals surface area contributed by atoms with Crippen LogP contribution in [0.3, 0.4) is 0 Å². The van der Waals surface area contributed by atoms with Crippen molar-refractivity contribution in [2.45, 2.75) is 19.9 Å².